The third kappa shape index (κ3) is 5.12. The molecule has 2 aromatic carbocycles. The summed E-state index contributed by atoms with van der Waals surface area (Å²) >= 11 is 0. The van der Waals surface area contributed by atoms with Crippen molar-refractivity contribution in [2.45, 2.75) is 26.7 Å². The van der Waals surface area contributed by atoms with Crippen molar-refractivity contribution in [3.63, 3.8) is 0 Å². The third-order valence-electron chi connectivity index (χ3n) is 3.52. The fraction of sp³-hybridized carbons (Fsp3) is 0.263. The Labute approximate surface area is 142 Å². The van der Waals surface area contributed by atoms with Crippen molar-refractivity contribution in [2.75, 3.05) is 6.61 Å². The van der Waals surface area contributed by atoms with E-state index in [2.05, 4.69) is 10.9 Å². The van der Waals surface area contributed by atoms with Crippen LogP contribution in [0.3, 0.4) is 0 Å². The van der Waals surface area contributed by atoms with Crippen LogP contribution in [0.2, 0.25) is 0 Å². The highest BCUT2D eigenvalue weighted by molar-refractivity contribution is 5.95. The van der Waals surface area contributed by atoms with Crippen molar-refractivity contribution in [2.24, 2.45) is 0 Å². The lowest BCUT2D eigenvalue weighted by molar-refractivity contribution is -0.121. The molecule has 2 aromatic rings. The third-order valence-corrected chi connectivity index (χ3v) is 3.52. The van der Waals surface area contributed by atoms with Crippen molar-refractivity contribution in [1.29, 1.82) is 0 Å². The van der Waals surface area contributed by atoms with Gasteiger partial charge in [-0.2, -0.15) is 0 Å². The van der Waals surface area contributed by atoms with Gasteiger partial charge in [-0.1, -0.05) is 35.9 Å². The Morgan fingerprint density at radius 2 is 1.71 bits per heavy atom. The van der Waals surface area contributed by atoms with E-state index in [1.165, 1.54) is 0 Å². The van der Waals surface area contributed by atoms with Crippen LogP contribution in [0.4, 0.5) is 0 Å². The molecule has 5 heteroatoms. The fourth-order valence-corrected chi connectivity index (χ4v) is 2.22. The van der Waals surface area contributed by atoms with Crippen LogP contribution in [0.15, 0.2) is 48.5 Å². The highest BCUT2D eigenvalue weighted by atomic mass is 16.5. The van der Waals surface area contributed by atoms with Gasteiger partial charge >= 0.3 is 0 Å². The largest absolute Gasteiger partial charge is 0.494 e. The molecule has 0 unspecified atom stereocenters. The van der Waals surface area contributed by atoms with Gasteiger partial charge in [0, 0.05) is 12.0 Å². The molecular weight excluding hydrogens is 304 g/mol. The van der Waals surface area contributed by atoms with Crippen molar-refractivity contribution in [1.82, 2.24) is 10.9 Å². The Hall–Kier alpha value is -2.82. The molecule has 24 heavy (non-hydrogen) atoms. The number of carbonyl (C=O) groups excluding carboxylic acids is 2. The lowest BCUT2D eigenvalue weighted by atomic mass is 10.1. The highest BCUT2D eigenvalue weighted by Gasteiger charge is 2.09. The molecule has 0 radical (unpaired) electrons. The molecule has 0 saturated carbocycles. The fourth-order valence-electron chi connectivity index (χ4n) is 2.22. The molecular formula is C19H22N2O3. The monoisotopic (exact) mass is 326 g/mol. The summed E-state index contributed by atoms with van der Waals surface area (Å²) in [5.74, 6) is 0.205. The highest BCUT2D eigenvalue weighted by Crippen LogP contribution is 2.19. The molecule has 0 aliphatic carbocycles. The van der Waals surface area contributed by atoms with Gasteiger partial charge in [0.15, 0.2) is 0 Å². The van der Waals surface area contributed by atoms with Crippen LogP contribution < -0.4 is 15.6 Å². The molecule has 0 fully saturated rings. The standard InChI is InChI=1S/C19H22N2O3/c1-3-24-17-7-5-4-6-15(17)12-13-18(22)20-21-19(23)16-10-8-14(2)9-11-16/h4-11H,3,12-13H2,1-2H3,(H,20,22)(H,21,23). The van der Waals surface area contributed by atoms with E-state index in [0.29, 0.717) is 18.6 Å². The topological polar surface area (TPSA) is 67.4 Å². The van der Waals surface area contributed by atoms with Crippen LogP contribution in [-0.2, 0) is 11.2 Å². The summed E-state index contributed by atoms with van der Waals surface area (Å²) < 4.78 is 5.53. The molecule has 0 heterocycles. The number of rotatable bonds is 6. The van der Waals surface area contributed by atoms with E-state index < -0.39 is 0 Å². The van der Waals surface area contributed by atoms with Gasteiger partial charge in [0.05, 0.1) is 6.61 Å². The van der Waals surface area contributed by atoms with Crippen LogP contribution in [0.25, 0.3) is 0 Å². The average Bonchev–Trinajstić information content (AvgIpc) is 2.60. The molecule has 0 atom stereocenters. The van der Waals surface area contributed by atoms with Crippen LogP contribution in [0.1, 0.15) is 34.8 Å². The average molecular weight is 326 g/mol. The van der Waals surface area contributed by atoms with Crippen molar-refractivity contribution >= 4 is 11.8 Å². The maximum absolute atomic E-state index is 11.9. The van der Waals surface area contributed by atoms with E-state index in [4.69, 9.17) is 4.74 Å². The molecule has 0 bridgehead atoms. The first-order chi connectivity index (χ1) is 11.6. The number of hydrogen-bond acceptors (Lipinski definition) is 3. The molecule has 126 valence electrons. The van der Waals surface area contributed by atoms with Gasteiger partial charge in [-0.05, 0) is 44.0 Å². The number of ether oxygens (including phenoxy) is 1. The zero-order chi connectivity index (χ0) is 17.4. The maximum atomic E-state index is 11.9. The Bertz CT molecular complexity index is 696. The van der Waals surface area contributed by atoms with E-state index in [0.717, 1.165) is 16.9 Å². The molecule has 0 aliphatic heterocycles. The molecule has 2 rings (SSSR count). The number of hydrogen-bond donors (Lipinski definition) is 2. The number of para-hydroxylation sites is 1. The van der Waals surface area contributed by atoms with Crippen molar-refractivity contribution in [3.05, 3.63) is 65.2 Å². The molecule has 2 N–H and O–H groups in total. The number of nitrogens with one attached hydrogen (secondary N) is 2. The van der Waals surface area contributed by atoms with Gasteiger partial charge in [0.1, 0.15) is 5.75 Å². The number of hydrazine groups is 1. The zero-order valence-corrected chi connectivity index (χ0v) is 14.0. The van der Waals surface area contributed by atoms with E-state index in [1.54, 1.807) is 12.1 Å². The zero-order valence-electron chi connectivity index (χ0n) is 14.0. The minimum absolute atomic E-state index is 0.248. The molecule has 0 spiro atoms. The summed E-state index contributed by atoms with van der Waals surface area (Å²) in [5.41, 5.74) is 7.41. The molecule has 5 nitrogen and oxygen atoms in total. The predicted molar refractivity (Wildman–Crippen MR) is 92.7 cm³/mol. The molecule has 0 aromatic heterocycles. The second-order valence-electron chi connectivity index (χ2n) is 5.41. The summed E-state index contributed by atoms with van der Waals surface area (Å²) in [6, 6.07) is 14.8. The SMILES string of the molecule is CCOc1ccccc1CCC(=O)NNC(=O)c1ccc(C)cc1. The van der Waals surface area contributed by atoms with Crippen LogP contribution in [0.5, 0.6) is 5.75 Å². The van der Waals surface area contributed by atoms with E-state index in [1.807, 2.05) is 50.2 Å². The minimum atomic E-state index is -0.335. The molecule has 2 amide bonds. The number of carbonyl (C=O) groups is 2. The summed E-state index contributed by atoms with van der Waals surface area (Å²) in [6.07, 6.45) is 0.806. The van der Waals surface area contributed by atoms with E-state index >= 15 is 0 Å². The lowest BCUT2D eigenvalue weighted by Gasteiger charge is -2.10. The number of aryl methyl sites for hydroxylation is 2. The number of amides is 2. The second-order valence-corrected chi connectivity index (χ2v) is 5.41. The van der Waals surface area contributed by atoms with Gasteiger partial charge in [-0.3, -0.25) is 20.4 Å². The van der Waals surface area contributed by atoms with Gasteiger partial charge in [-0.25, -0.2) is 0 Å². The predicted octanol–water partition coefficient (Wildman–Crippen LogP) is 2.79. The Morgan fingerprint density at radius 1 is 1.00 bits per heavy atom. The lowest BCUT2D eigenvalue weighted by Crippen LogP contribution is -2.41. The first-order valence-electron chi connectivity index (χ1n) is 7.96. The van der Waals surface area contributed by atoms with Crippen molar-refractivity contribution < 1.29 is 14.3 Å². The van der Waals surface area contributed by atoms with Crippen molar-refractivity contribution in [3.8, 4) is 5.75 Å². The minimum Gasteiger partial charge on any atom is -0.494 e. The Morgan fingerprint density at radius 3 is 2.42 bits per heavy atom. The summed E-state index contributed by atoms with van der Waals surface area (Å²) in [6.45, 7) is 4.45. The molecule has 0 aliphatic rings. The summed E-state index contributed by atoms with van der Waals surface area (Å²) in [4.78, 5) is 23.8. The summed E-state index contributed by atoms with van der Waals surface area (Å²) in [5, 5.41) is 0. The van der Waals surface area contributed by atoms with Crippen LogP contribution in [0, 0.1) is 6.92 Å². The second kappa shape index (κ2) is 8.72. The first kappa shape index (κ1) is 17.5. The first-order valence-corrected chi connectivity index (χ1v) is 7.96. The van der Waals surface area contributed by atoms with E-state index in [-0.39, 0.29) is 18.2 Å². The Kier molecular flexibility index (Phi) is 6.37. The maximum Gasteiger partial charge on any atom is 0.269 e. The van der Waals surface area contributed by atoms with Gasteiger partial charge < -0.3 is 4.74 Å². The Balaban J connectivity index is 1.81. The quantitative estimate of drug-likeness (QED) is 0.802. The van der Waals surface area contributed by atoms with E-state index in [9.17, 15) is 9.59 Å². The summed E-state index contributed by atoms with van der Waals surface area (Å²) in [7, 11) is 0. The van der Waals surface area contributed by atoms with Crippen LogP contribution in [-0.4, -0.2) is 18.4 Å². The number of benzene rings is 2. The normalized spacial score (nSPS) is 10.1. The smallest absolute Gasteiger partial charge is 0.269 e. The van der Waals surface area contributed by atoms with Crippen LogP contribution >= 0.6 is 0 Å². The van der Waals surface area contributed by atoms with Gasteiger partial charge in [-0.15, -0.1) is 0 Å². The van der Waals surface area contributed by atoms with Gasteiger partial charge in [0.2, 0.25) is 5.91 Å². The molecule has 0 saturated heterocycles. The van der Waals surface area contributed by atoms with Gasteiger partial charge in [0.25, 0.3) is 5.91 Å².